The number of aldehydes is 1. The Labute approximate surface area is 186 Å². The van der Waals surface area contributed by atoms with Crippen LogP contribution in [0.15, 0.2) is 12.2 Å². The van der Waals surface area contributed by atoms with Crippen molar-refractivity contribution in [1.29, 1.82) is 0 Å². The van der Waals surface area contributed by atoms with Gasteiger partial charge in [0.15, 0.2) is 6.29 Å². The van der Waals surface area contributed by atoms with Gasteiger partial charge < -0.3 is 35.6 Å². The Morgan fingerprint density at radius 1 is 0.903 bits per heavy atom. The van der Waals surface area contributed by atoms with E-state index in [1.54, 1.807) is 0 Å². The van der Waals surface area contributed by atoms with Gasteiger partial charge in [0.05, 0.1) is 19.3 Å². The van der Waals surface area contributed by atoms with Crippen LogP contribution >= 0.6 is 7.82 Å². The smallest absolute Gasteiger partial charge is 0.395 e. The molecule has 0 aromatic carbocycles. The third-order valence-corrected chi connectivity index (χ3v) is 5.05. The highest BCUT2D eigenvalue weighted by Gasteiger charge is 2.24. The largest absolute Gasteiger partial charge is 0.470 e. The fourth-order valence-corrected chi connectivity index (χ4v) is 3.26. The molecule has 0 fully saturated rings. The van der Waals surface area contributed by atoms with Gasteiger partial charge in [0.1, 0.15) is 12.2 Å². The van der Waals surface area contributed by atoms with E-state index in [2.05, 4.69) is 11.4 Å². The number of rotatable bonds is 19. The maximum atomic E-state index is 10.9. The van der Waals surface area contributed by atoms with Gasteiger partial charge in [-0.3, -0.25) is 4.52 Å². The van der Waals surface area contributed by atoms with Crippen molar-refractivity contribution in [2.75, 3.05) is 13.2 Å². The van der Waals surface area contributed by atoms with Crippen LogP contribution in [0, 0.1) is 0 Å². The molecule has 0 aliphatic carbocycles. The molecule has 0 aromatic rings. The number of hydrogen-bond acceptors (Lipinski definition) is 7. The molecular weight excluding hydrogens is 425 g/mol. The second kappa shape index (κ2) is 22.6. The molecule has 0 aromatic heterocycles. The number of aliphatic hydroxyl groups excluding tert-OH is 3. The van der Waals surface area contributed by atoms with Crippen LogP contribution in [0.2, 0.25) is 0 Å². The van der Waals surface area contributed by atoms with Crippen molar-refractivity contribution in [2.24, 2.45) is 5.73 Å². The molecule has 0 bridgehead atoms. The van der Waals surface area contributed by atoms with Gasteiger partial charge in [-0.15, -0.1) is 0 Å². The van der Waals surface area contributed by atoms with Crippen molar-refractivity contribution in [1.82, 2.24) is 0 Å². The summed E-state index contributed by atoms with van der Waals surface area (Å²) in [6, 6.07) is -0.846. The van der Waals surface area contributed by atoms with Crippen LogP contribution in [0.25, 0.3) is 0 Å². The van der Waals surface area contributed by atoms with E-state index in [1.165, 1.54) is 63.9 Å². The molecule has 31 heavy (non-hydrogen) atoms. The van der Waals surface area contributed by atoms with Gasteiger partial charge in [-0.1, -0.05) is 83.3 Å². The fraction of sp³-hybridized carbons (Fsp3) is 0.857. The summed E-state index contributed by atoms with van der Waals surface area (Å²) in [5.41, 5.74) is 5.60. The van der Waals surface area contributed by atoms with Gasteiger partial charge in [-0.25, -0.2) is 4.57 Å². The first kappa shape index (κ1) is 32.5. The fourth-order valence-electron chi connectivity index (χ4n) is 2.72. The minimum absolute atomic E-state index is 0.278. The minimum Gasteiger partial charge on any atom is -0.395 e. The maximum absolute atomic E-state index is 10.9. The summed E-state index contributed by atoms with van der Waals surface area (Å²) in [5, 5.41) is 24.9. The first-order valence-electron chi connectivity index (χ1n) is 11.2. The Balaban J connectivity index is 0. The maximum Gasteiger partial charge on any atom is 0.470 e. The zero-order chi connectivity index (χ0) is 24.0. The number of hydrogen-bond donors (Lipinski definition) is 6. The number of aliphatic hydroxyl groups is 3. The summed E-state index contributed by atoms with van der Waals surface area (Å²) in [5.74, 6) is 0. The number of allylic oxidation sites excluding steroid dienone is 1. The highest BCUT2D eigenvalue weighted by molar-refractivity contribution is 7.46. The van der Waals surface area contributed by atoms with Crippen LogP contribution in [0.5, 0.6) is 0 Å². The second-order valence-corrected chi connectivity index (χ2v) is 8.74. The van der Waals surface area contributed by atoms with Crippen LogP contribution in [0.1, 0.15) is 84.0 Å². The van der Waals surface area contributed by atoms with Gasteiger partial charge in [-0.05, 0) is 12.8 Å². The molecule has 3 atom stereocenters. The van der Waals surface area contributed by atoms with Crippen molar-refractivity contribution in [3.63, 3.8) is 0 Å². The number of carbonyl (C=O) groups excluding carboxylic acids is 1. The molecule has 9 nitrogen and oxygen atoms in total. The average Bonchev–Trinajstić information content (AvgIpc) is 2.74. The summed E-state index contributed by atoms with van der Waals surface area (Å²) in [7, 11) is -4.62. The van der Waals surface area contributed by atoms with Crippen LogP contribution < -0.4 is 5.73 Å². The van der Waals surface area contributed by atoms with Crippen LogP contribution in [-0.2, 0) is 13.9 Å². The van der Waals surface area contributed by atoms with E-state index in [0.29, 0.717) is 0 Å². The molecule has 10 heteroatoms. The number of carbonyl (C=O) groups is 1. The quantitative estimate of drug-likeness (QED) is 0.0720. The van der Waals surface area contributed by atoms with Crippen molar-refractivity contribution >= 4 is 14.1 Å². The monoisotopic (exact) mass is 469 g/mol. The number of phosphoric ester groups is 1. The van der Waals surface area contributed by atoms with E-state index in [9.17, 15) is 9.36 Å². The van der Waals surface area contributed by atoms with Gasteiger partial charge in [0.25, 0.3) is 0 Å². The van der Waals surface area contributed by atoms with Crippen molar-refractivity contribution in [3.05, 3.63) is 12.2 Å². The lowest BCUT2D eigenvalue weighted by Crippen LogP contribution is -2.38. The SMILES string of the molecule is CCCCCCCCCCCCCC=CC(OP(=O)(O)O)C(N)CO.O=CC(O)CO. The molecule has 0 radical (unpaired) electrons. The van der Waals surface area contributed by atoms with Crippen LogP contribution in [-0.4, -0.2) is 62.9 Å². The second-order valence-electron chi connectivity index (χ2n) is 7.55. The lowest BCUT2D eigenvalue weighted by Gasteiger charge is -2.19. The van der Waals surface area contributed by atoms with Crippen molar-refractivity contribution in [3.8, 4) is 0 Å². The van der Waals surface area contributed by atoms with E-state index >= 15 is 0 Å². The van der Waals surface area contributed by atoms with E-state index in [0.717, 1.165) is 19.3 Å². The zero-order valence-electron chi connectivity index (χ0n) is 18.8. The molecule has 0 rings (SSSR count). The topological polar surface area (TPSA) is 171 Å². The number of unbranched alkanes of at least 4 members (excludes halogenated alkanes) is 11. The highest BCUT2D eigenvalue weighted by Crippen LogP contribution is 2.38. The molecule has 0 heterocycles. The first-order valence-corrected chi connectivity index (χ1v) is 12.8. The van der Waals surface area contributed by atoms with E-state index in [4.69, 9.17) is 30.8 Å². The Morgan fingerprint density at radius 3 is 1.74 bits per heavy atom. The van der Waals surface area contributed by atoms with Crippen LogP contribution in [0.4, 0.5) is 0 Å². The number of nitrogens with two attached hydrogens (primary N) is 1. The third-order valence-electron chi connectivity index (χ3n) is 4.54. The molecule has 7 N–H and O–H groups in total. The van der Waals surface area contributed by atoms with E-state index in [-0.39, 0.29) is 6.29 Å². The Hall–Kier alpha value is -0.640. The Morgan fingerprint density at radius 2 is 1.39 bits per heavy atom. The standard InChI is InChI=1S/C18H38NO5P.C3H6O3/c1-2-3-4-5-6-7-8-9-10-11-12-13-14-15-18(17(19)16-20)24-25(21,22)23;4-1-3(6)2-5/h14-15,17-18,20H,2-13,16,19H2,1H3,(H2,21,22,23);1,3,5-6H,2H2. The molecule has 3 unspecified atom stereocenters. The Bertz CT molecular complexity index is 472. The summed E-state index contributed by atoms with van der Waals surface area (Å²) in [6.45, 7) is 1.36. The summed E-state index contributed by atoms with van der Waals surface area (Å²) >= 11 is 0. The predicted molar refractivity (Wildman–Crippen MR) is 121 cm³/mol. The van der Waals surface area contributed by atoms with E-state index < -0.39 is 39.3 Å². The molecule has 0 aliphatic rings. The van der Waals surface area contributed by atoms with Crippen LogP contribution in [0.3, 0.4) is 0 Å². The van der Waals surface area contributed by atoms with Crippen molar-refractivity contribution < 1.29 is 39.0 Å². The van der Waals surface area contributed by atoms with Gasteiger partial charge >= 0.3 is 7.82 Å². The van der Waals surface area contributed by atoms with E-state index in [1.807, 2.05) is 6.08 Å². The molecule has 0 amide bonds. The zero-order valence-corrected chi connectivity index (χ0v) is 19.7. The molecule has 0 spiro atoms. The molecular formula is C21H44NO8P. The first-order chi connectivity index (χ1) is 14.7. The van der Waals surface area contributed by atoms with Crippen molar-refractivity contribution in [2.45, 2.75) is 102 Å². The minimum atomic E-state index is -4.62. The molecule has 186 valence electrons. The molecule has 0 aliphatic heterocycles. The lowest BCUT2D eigenvalue weighted by molar-refractivity contribution is -0.116. The summed E-state index contributed by atoms with van der Waals surface area (Å²) in [4.78, 5) is 27.0. The summed E-state index contributed by atoms with van der Waals surface area (Å²) in [6.07, 6.45) is 16.4. The summed E-state index contributed by atoms with van der Waals surface area (Å²) < 4.78 is 15.5. The average molecular weight is 470 g/mol. The van der Waals surface area contributed by atoms with Gasteiger partial charge in [-0.2, -0.15) is 0 Å². The lowest BCUT2D eigenvalue weighted by atomic mass is 10.0. The molecule has 0 saturated heterocycles. The number of phosphoric acid groups is 1. The van der Waals surface area contributed by atoms with Gasteiger partial charge in [0.2, 0.25) is 0 Å². The Kier molecular flexibility index (Phi) is 23.7. The molecule has 0 saturated carbocycles. The normalized spacial score (nSPS) is 14.7. The third kappa shape index (κ3) is 25.5. The van der Waals surface area contributed by atoms with Gasteiger partial charge in [0, 0.05) is 0 Å². The predicted octanol–water partition coefficient (Wildman–Crippen LogP) is 2.58. The highest BCUT2D eigenvalue weighted by atomic mass is 31.2.